The van der Waals surface area contributed by atoms with Gasteiger partial charge >= 0.3 is 0 Å². The number of amides is 1. The van der Waals surface area contributed by atoms with Crippen molar-refractivity contribution in [3.63, 3.8) is 0 Å². The molecule has 0 aliphatic rings. The molecule has 0 unspecified atom stereocenters. The second-order valence-electron chi connectivity index (χ2n) is 6.78. The summed E-state index contributed by atoms with van der Waals surface area (Å²) < 4.78 is 14.8. The summed E-state index contributed by atoms with van der Waals surface area (Å²) in [6.45, 7) is 6.56. The third-order valence-corrected chi connectivity index (χ3v) is 5.84. The molecular weight excluding hydrogens is 401 g/mol. The summed E-state index contributed by atoms with van der Waals surface area (Å²) in [5, 5.41) is 12.0. The minimum Gasteiger partial charge on any atom is -0.372 e. The zero-order chi connectivity index (χ0) is 21.5. The van der Waals surface area contributed by atoms with E-state index in [9.17, 15) is 9.18 Å². The molecule has 1 N–H and O–H groups in total. The van der Waals surface area contributed by atoms with Crippen LogP contribution in [0, 0.1) is 5.82 Å². The van der Waals surface area contributed by atoms with E-state index < -0.39 is 0 Å². The van der Waals surface area contributed by atoms with Gasteiger partial charge in [0.05, 0.1) is 5.75 Å². The molecule has 2 aromatic carbocycles. The second-order valence-corrected chi connectivity index (χ2v) is 7.72. The van der Waals surface area contributed by atoms with Crippen LogP contribution in [0.15, 0.2) is 53.7 Å². The standard InChI is InChI=1S/C22H26FN5OS/c1-4-28(5-2)19-12-8-17(9-13-19)21-25-26-22(27(21)3)30-15-20(29)24-14-16-6-10-18(23)11-7-16/h6-13H,4-5,14-15H2,1-3H3,(H,24,29). The van der Waals surface area contributed by atoms with Crippen LogP contribution in [0.1, 0.15) is 19.4 Å². The molecule has 8 heteroatoms. The van der Waals surface area contributed by atoms with Gasteiger partial charge in [-0.05, 0) is 55.8 Å². The summed E-state index contributed by atoms with van der Waals surface area (Å²) in [5.41, 5.74) is 3.01. The number of nitrogens with one attached hydrogen (secondary N) is 1. The minimum absolute atomic E-state index is 0.113. The van der Waals surface area contributed by atoms with Gasteiger partial charge in [-0.3, -0.25) is 4.79 Å². The van der Waals surface area contributed by atoms with E-state index in [0.29, 0.717) is 11.7 Å². The number of benzene rings is 2. The lowest BCUT2D eigenvalue weighted by Gasteiger charge is -2.21. The Bertz CT molecular complexity index is 968. The number of halogens is 1. The van der Waals surface area contributed by atoms with Gasteiger partial charge in [0.25, 0.3) is 0 Å². The Morgan fingerprint density at radius 3 is 2.37 bits per heavy atom. The molecule has 3 rings (SSSR count). The van der Waals surface area contributed by atoms with Gasteiger partial charge < -0.3 is 14.8 Å². The highest BCUT2D eigenvalue weighted by Crippen LogP contribution is 2.25. The number of nitrogens with zero attached hydrogens (tertiary/aromatic N) is 4. The molecule has 1 heterocycles. The summed E-state index contributed by atoms with van der Waals surface area (Å²) in [6.07, 6.45) is 0. The van der Waals surface area contributed by atoms with Crippen molar-refractivity contribution in [1.82, 2.24) is 20.1 Å². The van der Waals surface area contributed by atoms with Crippen molar-refractivity contribution in [2.45, 2.75) is 25.5 Å². The molecule has 6 nitrogen and oxygen atoms in total. The molecule has 3 aromatic rings. The number of rotatable bonds is 9. The molecule has 0 spiro atoms. The van der Waals surface area contributed by atoms with Crippen molar-refractivity contribution in [3.05, 3.63) is 59.9 Å². The Labute approximate surface area is 180 Å². The van der Waals surface area contributed by atoms with Gasteiger partial charge in [0.1, 0.15) is 5.82 Å². The first kappa shape index (κ1) is 21.8. The highest BCUT2D eigenvalue weighted by atomic mass is 32.2. The van der Waals surface area contributed by atoms with E-state index in [4.69, 9.17) is 0 Å². The average molecular weight is 428 g/mol. The Morgan fingerprint density at radius 2 is 1.73 bits per heavy atom. The van der Waals surface area contributed by atoms with E-state index in [2.05, 4.69) is 46.4 Å². The predicted octanol–water partition coefficient (Wildman–Crippen LogP) is 3.88. The predicted molar refractivity (Wildman–Crippen MR) is 119 cm³/mol. The number of anilines is 1. The van der Waals surface area contributed by atoms with Gasteiger partial charge in [0, 0.05) is 37.9 Å². The summed E-state index contributed by atoms with van der Waals surface area (Å²) in [4.78, 5) is 14.4. The highest BCUT2D eigenvalue weighted by Gasteiger charge is 2.13. The first-order valence-electron chi connectivity index (χ1n) is 9.90. The topological polar surface area (TPSA) is 63.1 Å². The highest BCUT2D eigenvalue weighted by molar-refractivity contribution is 7.99. The lowest BCUT2D eigenvalue weighted by Crippen LogP contribution is -2.24. The van der Waals surface area contributed by atoms with E-state index in [1.54, 1.807) is 12.1 Å². The monoisotopic (exact) mass is 427 g/mol. The zero-order valence-electron chi connectivity index (χ0n) is 17.4. The molecule has 0 saturated carbocycles. The molecular formula is C22H26FN5OS. The van der Waals surface area contributed by atoms with Crippen molar-refractivity contribution in [2.24, 2.45) is 7.05 Å². The fraction of sp³-hybridized carbons (Fsp3) is 0.318. The van der Waals surface area contributed by atoms with Crippen molar-refractivity contribution < 1.29 is 9.18 Å². The molecule has 0 atom stereocenters. The molecule has 0 fully saturated rings. The molecule has 0 radical (unpaired) electrons. The maximum absolute atomic E-state index is 12.9. The van der Waals surface area contributed by atoms with Gasteiger partial charge in [0.2, 0.25) is 5.91 Å². The Hall–Kier alpha value is -2.87. The molecule has 0 aliphatic carbocycles. The Kier molecular flexibility index (Phi) is 7.46. The summed E-state index contributed by atoms with van der Waals surface area (Å²) >= 11 is 1.33. The summed E-state index contributed by atoms with van der Waals surface area (Å²) in [5.74, 6) is 0.586. The molecule has 0 aliphatic heterocycles. The van der Waals surface area contributed by atoms with E-state index in [1.807, 2.05) is 23.7 Å². The summed E-state index contributed by atoms with van der Waals surface area (Å²) in [6, 6.07) is 14.3. The van der Waals surface area contributed by atoms with E-state index in [0.717, 1.165) is 30.0 Å². The number of hydrogen-bond acceptors (Lipinski definition) is 5. The Morgan fingerprint density at radius 1 is 1.07 bits per heavy atom. The maximum Gasteiger partial charge on any atom is 0.230 e. The van der Waals surface area contributed by atoms with Crippen LogP contribution in [0.4, 0.5) is 10.1 Å². The van der Waals surface area contributed by atoms with Crippen LogP contribution >= 0.6 is 11.8 Å². The van der Waals surface area contributed by atoms with Gasteiger partial charge in [-0.1, -0.05) is 23.9 Å². The third kappa shape index (κ3) is 5.38. The van der Waals surface area contributed by atoms with Crippen LogP contribution in [0.5, 0.6) is 0 Å². The van der Waals surface area contributed by atoms with Gasteiger partial charge in [-0.2, -0.15) is 0 Å². The van der Waals surface area contributed by atoms with Crippen LogP contribution < -0.4 is 10.2 Å². The SMILES string of the molecule is CCN(CC)c1ccc(-c2nnc(SCC(=O)NCc3ccc(F)cc3)n2C)cc1. The zero-order valence-corrected chi connectivity index (χ0v) is 18.2. The van der Waals surface area contributed by atoms with Crippen molar-refractivity contribution in [1.29, 1.82) is 0 Å². The van der Waals surface area contributed by atoms with Crippen LogP contribution in [-0.4, -0.2) is 39.5 Å². The fourth-order valence-electron chi connectivity index (χ4n) is 3.09. The third-order valence-electron chi connectivity index (χ3n) is 4.82. The number of aromatic nitrogens is 3. The van der Waals surface area contributed by atoms with E-state index in [-0.39, 0.29) is 17.5 Å². The number of hydrogen-bond donors (Lipinski definition) is 1. The van der Waals surface area contributed by atoms with Gasteiger partial charge in [-0.15, -0.1) is 10.2 Å². The lowest BCUT2D eigenvalue weighted by molar-refractivity contribution is -0.118. The van der Waals surface area contributed by atoms with Crippen molar-refractivity contribution in [3.8, 4) is 11.4 Å². The first-order chi connectivity index (χ1) is 14.5. The summed E-state index contributed by atoms with van der Waals surface area (Å²) in [7, 11) is 1.90. The van der Waals surface area contributed by atoms with E-state index >= 15 is 0 Å². The van der Waals surface area contributed by atoms with Gasteiger partial charge in [0.15, 0.2) is 11.0 Å². The molecule has 158 valence electrons. The fourth-order valence-corrected chi connectivity index (χ4v) is 3.83. The number of carbonyl (C=O) groups excluding carboxylic acids is 1. The largest absolute Gasteiger partial charge is 0.372 e. The molecule has 0 bridgehead atoms. The van der Waals surface area contributed by atoms with Crippen LogP contribution in [0.2, 0.25) is 0 Å². The average Bonchev–Trinajstić information content (AvgIpc) is 3.13. The van der Waals surface area contributed by atoms with Crippen molar-refractivity contribution in [2.75, 3.05) is 23.7 Å². The van der Waals surface area contributed by atoms with Crippen LogP contribution in [0.25, 0.3) is 11.4 Å². The van der Waals surface area contributed by atoms with Crippen molar-refractivity contribution >= 4 is 23.4 Å². The molecule has 30 heavy (non-hydrogen) atoms. The van der Waals surface area contributed by atoms with Crippen LogP contribution in [0.3, 0.4) is 0 Å². The quantitative estimate of drug-likeness (QED) is 0.525. The number of thioether (sulfide) groups is 1. The molecule has 1 amide bonds. The smallest absolute Gasteiger partial charge is 0.230 e. The normalized spacial score (nSPS) is 10.8. The minimum atomic E-state index is -0.290. The maximum atomic E-state index is 12.9. The molecule has 1 aromatic heterocycles. The Balaban J connectivity index is 1.57. The second kappa shape index (κ2) is 10.2. The number of carbonyl (C=O) groups is 1. The van der Waals surface area contributed by atoms with Gasteiger partial charge in [-0.25, -0.2) is 4.39 Å². The lowest BCUT2D eigenvalue weighted by atomic mass is 10.2. The van der Waals surface area contributed by atoms with E-state index in [1.165, 1.54) is 29.6 Å². The first-order valence-corrected chi connectivity index (χ1v) is 10.9. The molecule has 0 saturated heterocycles. The van der Waals surface area contributed by atoms with Crippen LogP contribution in [-0.2, 0) is 18.4 Å².